The second-order valence-corrected chi connectivity index (χ2v) is 13.1. The Hall–Kier alpha value is -2.18. The summed E-state index contributed by atoms with van der Waals surface area (Å²) in [5.41, 5.74) is 0.331. The minimum absolute atomic E-state index is 0.0332. The molecule has 0 unspecified atom stereocenters. The number of methoxy groups -OCH3 is 1. The summed E-state index contributed by atoms with van der Waals surface area (Å²) in [4.78, 5) is 12.9. The highest BCUT2D eigenvalue weighted by atomic mass is 35.5. The number of carbonyl (C=O) groups is 1. The number of anilines is 1. The lowest BCUT2D eigenvalue weighted by atomic mass is 10.2. The van der Waals surface area contributed by atoms with Crippen LogP contribution in [0.3, 0.4) is 0 Å². The van der Waals surface area contributed by atoms with Crippen molar-refractivity contribution in [1.82, 2.24) is 8.61 Å². The summed E-state index contributed by atoms with van der Waals surface area (Å²) >= 11 is 6.22. The molecular formula is C24H30ClN3O6S2. The summed E-state index contributed by atoms with van der Waals surface area (Å²) in [6.45, 7) is 1.69. The first kappa shape index (κ1) is 26.9. The molecule has 2 aliphatic rings. The van der Waals surface area contributed by atoms with Crippen molar-refractivity contribution in [3.05, 3.63) is 47.0 Å². The predicted molar refractivity (Wildman–Crippen MR) is 138 cm³/mol. The molecule has 0 aromatic heterocycles. The maximum Gasteiger partial charge on any atom is 0.255 e. The molecule has 9 nitrogen and oxygen atoms in total. The molecule has 0 saturated carbocycles. The molecule has 0 radical (unpaired) electrons. The molecule has 2 aromatic carbocycles. The molecule has 196 valence electrons. The number of amides is 1. The van der Waals surface area contributed by atoms with Gasteiger partial charge in [-0.25, -0.2) is 16.8 Å². The topological polar surface area (TPSA) is 113 Å². The quantitative estimate of drug-likeness (QED) is 0.553. The number of hydrogen-bond donors (Lipinski definition) is 1. The van der Waals surface area contributed by atoms with Gasteiger partial charge in [-0.05, 0) is 62.1 Å². The summed E-state index contributed by atoms with van der Waals surface area (Å²) < 4.78 is 60.9. The van der Waals surface area contributed by atoms with Crippen LogP contribution in [0.25, 0.3) is 0 Å². The van der Waals surface area contributed by atoms with Gasteiger partial charge in [0.05, 0.1) is 12.1 Å². The van der Waals surface area contributed by atoms with Crippen LogP contribution in [0.4, 0.5) is 5.69 Å². The van der Waals surface area contributed by atoms with E-state index in [1.54, 1.807) is 0 Å². The molecule has 1 N–H and O–H groups in total. The van der Waals surface area contributed by atoms with E-state index in [2.05, 4.69) is 5.32 Å². The zero-order valence-corrected chi connectivity index (χ0v) is 22.5. The third-order valence-electron chi connectivity index (χ3n) is 6.48. The fourth-order valence-corrected chi connectivity index (χ4v) is 8.21. The number of benzene rings is 2. The van der Waals surface area contributed by atoms with Crippen LogP contribution in [-0.4, -0.2) is 64.6 Å². The molecule has 2 aromatic rings. The number of halogens is 1. The van der Waals surface area contributed by atoms with Crippen LogP contribution in [0.5, 0.6) is 5.75 Å². The van der Waals surface area contributed by atoms with E-state index in [0.29, 0.717) is 26.2 Å². The summed E-state index contributed by atoms with van der Waals surface area (Å²) in [6.07, 6.45) is 5.08. The van der Waals surface area contributed by atoms with Crippen LogP contribution >= 0.6 is 11.6 Å². The molecular weight excluding hydrogens is 526 g/mol. The average Bonchev–Trinajstić information content (AvgIpc) is 2.89. The maximum absolute atomic E-state index is 13.3. The van der Waals surface area contributed by atoms with Gasteiger partial charge >= 0.3 is 0 Å². The molecule has 2 fully saturated rings. The van der Waals surface area contributed by atoms with Crippen molar-refractivity contribution in [2.24, 2.45) is 0 Å². The highest BCUT2D eigenvalue weighted by molar-refractivity contribution is 7.89. The van der Waals surface area contributed by atoms with Gasteiger partial charge < -0.3 is 10.1 Å². The number of ether oxygens (including phenoxy) is 1. The number of nitrogens with zero attached hydrogens (tertiary/aromatic N) is 2. The average molecular weight is 556 g/mol. The smallest absolute Gasteiger partial charge is 0.255 e. The number of sulfonamides is 2. The molecule has 0 atom stereocenters. The fraction of sp³-hybridized carbons (Fsp3) is 0.458. The number of rotatable bonds is 7. The lowest BCUT2D eigenvalue weighted by Gasteiger charge is -2.26. The third-order valence-corrected chi connectivity index (χ3v) is 10.8. The first-order valence-electron chi connectivity index (χ1n) is 11.9. The zero-order valence-electron chi connectivity index (χ0n) is 20.1. The number of piperidine rings is 2. The number of carbonyl (C=O) groups excluding carboxylic acids is 1. The highest BCUT2D eigenvalue weighted by Gasteiger charge is 2.30. The van der Waals surface area contributed by atoms with Crippen molar-refractivity contribution in [1.29, 1.82) is 0 Å². The van der Waals surface area contributed by atoms with Gasteiger partial charge in [-0.2, -0.15) is 8.61 Å². The first-order valence-corrected chi connectivity index (χ1v) is 15.2. The maximum atomic E-state index is 13.3. The molecule has 2 aliphatic heterocycles. The van der Waals surface area contributed by atoms with Crippen LogP contribution in [-0.2, 0) is 20.0 Å². The Morgan fingerprint density at radius 2 is 1.36 bits per heavy atom. The van der Waals surface area contributed by atoms with E-state index in [1.807, 2.05) is 0 Å². The molecule has 4 rings (SSSR count). The van der Waals surface area contributed by atoms with Crippen LogP contribution in [0.15, 0.2) is 46.2 Å². The third kappa shape index (κ3) is 5.55. The standard InChI is InChI=1S/C24H30ClN3O6S2/c1-34-21-11-9-19(17-23(21)36(32,33)28-14-6-3-7-15-28)26-24(29)18-8-10-20(25)22(16-18)35(30,31)27-12-4-2-5-13-27/h8-11,16-17H,2-7,12-15H2,1H3,(H,26,29). The molecule has 1 amide bonds. The molecule has 2 saturated heterocycles. The van der Waals surface area contributed by atoms with Gasteiger partial charge in [-0.15, -0.1) is 0 Å². The van der Waals surface area contributed by atoms with Crippen LogP contribution in [0, 0.1) is 0 Å². The van der Waals surface area contributed by atoms with Gasteiger partial charge in [0.15, 0.2) is 0 Å². The normalized spacial score (nSPS) is 18.1. The zero-order chi connectivity index (χ0) is 25.9. The molecule has 0 aliphatic carbocycles. The molecule has 0 bridgehead atoms. The van der Waals surface area contributed by atoms with Gasteiger partial charge in [0.2, 0.25) is 20.0 Å². The Kier molecular flexibility index (Phi) is 8.25. The Bertz CT molecular complexity index is 1340. The number of hydrogen-bond acceptors (Lipinski definition) is 6. The summed E-state index contributed by atoms with van der Waals surface area (Å²) in [5.74, 6) is -0.409. The van der Waals surface area contributed by atoms with Gasteiger partial charge in [-0.3, -0.25) is 4.79 Å². The van der Waals surface area contributed by atoms with E-state index < -0.39 is 26.0 Å². The van der Waals surface area contributed by atoms with Crippen molar-refractivity contribution in [3.63, 3.8) is 0 Å². The minimum atomic E-state index is -3.85. The van der Waals surface area contributed by atoms with Gasteiger partial charge in [-0.1, -0.05) is 24.4 Å². The summed E-state index contributed by atoms with van der Waals surface area (Å²) in [5, 5.41) is 2.71. The van der Waals surface area contributed by atoms with E-state index in [0.717, 1.165) is 38.5 Å². The van der Waals surface area contributed by atoms with Crippen molar-refractivity contribution >= 4 is 43.2 Å². The predicted octanol–water partition coefficient (Wildman–Crippen LogP) is 3.95. The van der Waals surface area contributed by atoms with E-state index in [9.17, 15) is 21.6 Å². The second-order valence-electron chi connectivity index (χ2n) is 8.89. The van der Waals surface area contributed by atoms with E-state index in [1.165, 1.54) is 52.1 Å². The monoisotopic (exact) mass is 555 g/mol. The van der Waals surface area contributed by atoms with E-state index >= 15 is 0 Å². The molecule has 0 spiro atoms. The van der Waals surface area contributed by atoms with E-state index in [-0.39, 0.29) is 31.8 Å². The van der Waals surface area contributed by atoms with Crippen molar-refractivity contribution in [2.75, 3.05) is 38.6 Å². The van der Waals surface area contributed by atoms with Crippen molar-refractivity contribution in [3.8, 4) is 5.75 Å². The summed E-state index contributed by atoms with van der Waals surface area (Å²) in [7, 11) is -6.28. The summed E-state index contributed by atoms with van der Waals surface area (Å²) in [6, 6.07) is 8.46. The second kappa shape index (κ2) is 11.1. The number of nitrogens with one attached hydrogen (secondary N) is 1. The van der Waals surface area contributed by atoms with Crippen LogP contribution in [0.2, 0.25) is 5.02 Å². The molecule has 2 heterocycles. The SMILES string of the molecule is COc1ccc(NC(=O)c2ccc(Cl)c(S(=O)(=O)N3CCCCC3)c2)cc1S(=O)(=O)N1CCCCC1. The molecule has 12 heteroatoms. The Morgan fingerprint density at radius 3 is 1.92 bits per heavy atom. The Labute approximate surface area is 217 Å². The highest BCUT2D eigenvalue weighted by Crippen LogP contribution is 2.32. The minimum Gasteiger partial charge on any atom is -0.495 e. The largest absolute Gasteiger partial charge is 0.495 e. The fourth-order valence-electron chi connectivity index (χ4n) is 4.49. The van der Waals surface area contributed by atoms with Gasteiger partial charge in [0.25, 0.3) is 5.91 Å². The van der Waals surface area contributed by atoms with Crippen LogP contribution in [0.1, 0.15) is 48.9 Å². The van der Waals surface area contributed by atoms with Crippen molar-refractivity contribution in [2.45, 2.75) is 48.3 Å². The van der Waals surface area contributed by atoms with Crippen molar-refractivity contribution < 1.29 is 26.4 Å². The Balaban J connectivity index is 1.61. The van der Waals surface area contributed by atoms with Crippen LogP contribution < -0.4 is 10.1 Å². The first-order chi connectivity index (χ1) is 17.1. The van der Waals surface area contributed by atoms with E-state index in [4.69, 9.17) is 16.3 Å². The Morgan fingerprint density at radius 1 is 0.806 bits per heavy atom. The lowest BCUT2D eigenvalue weighted by molar-refractivity contribution is 0.102. The van der Waals surface area contributed by atoms with Gasteiger partial charge in [0, 0.05) is 37.4 Å². The lowest BCUT2D eigenvalue weighted by Crippen LogP contribution is -2.36. The molecule has 36 heavy (non-hydrogen) atoms. The van der Waals surface area contributed by atoms with Gasteiger partial charge in [0.1, 0.15) is 15.5 Å².